The van der Waals surface area contributed by atoms with Crippen molar-refractivity contribution in [1.29, 1.82) is 0 Å². The minimum Gasteiger partial charge on any atom is -0.383 e. The molecule has 0 fully saturated rings. The zero-order valence-electron chi connectivity index (χ0n) is 5.54. The maximum absolute atomic E-state index is 5.61. The first-order chi connectivity index (χ1) is 4.88. The van der Waals surface area contributed by atoms with Gasteiger partial charge in [0.1, 0.15) is 5.82 Å². The molecule has 0 saturated carbocycles. The van der Waals surface area contributed by atoms with E-state index in [9.17, 15) is 0 Å². The molecule has 0 saturated heterocycles. The molecule has 2 rings (SSSR count). The smallest absolute Gasteiger partial charge is 0.130 e. The minimum absolute atomic E-state index is 0.645. The quantitative estimate of drug-likeness (QED) is 0.576. The summed E-state index contributed by atoms with van der Waals surface area (Å²) in [6, 6.07) is 2.01. The van der Waals surface area contributed by atoms with Crippen LogP contribution in [-0.4, -0.2) is 4.98 Å². The molecule has 1 heterocycles. The number of nitrogens with two attached hydrogens (primary N) is 1. The van der Waals surface area contributed by atoms with Crippen LogP contribution in [0, 0.1) is 0 Å². The van der Waals surface area contributed by atoms with Crippen molar-refractivity contribution < 1.29 is 0 Å². The fourth-order valence-electron chi connectivity index (χ4n) is 1.21. The summed E-state index contributed by atoms with van der Waals surface area (Å²) in [4.78, 5) is 3.98. The molecule has 0 aliphatic heterocycles. The summed E-state index contributed by atoms with van der Waals surface area (Å²) in [6.07, 6.45) is 6.88. The summed E-state index contributed by atoms with van der Waals surface area (Å²) < 4.78 is 0. The fraction of sp³-hybridized carbons (Fsp3) is 0.125. The van der Waals surface area contributed by atoms with Gasteiger partial charge in [0.05, 0.1) is 0 Å². The molecule has 50 valence electrons. The number of aromatic nitrogens is 1. The van der Waals surface area contributed by atoms with Crippen molar-refractivity contribution in [2.75, 3.05) is 5.73 Å². The molecule has 1 aliphatic carbocycles. The van der Waals surface area contributed by atoms with Crippen molar-refractivity contribution in [3.8, 4) is 0 Å². The molecule has 1 aromatic rings. The van der Waals surface area contributed by atoms with E-state index in [1.807, 2.05) is 12.1 Å². The topological polar surface area (TPSA) is 38.9 Å². The number of nitrogens with zero attached hydrogens (tertiary/aromatic N) is 1. The van der Waals surface area contributed by atoms with Gasteiger partial charge in [-0.15, -0.1) is 0 Å². The highest BCUT2D eigenvalue weighted by Crippen LogP contribution is 2.22. The molecule has 0 spiro atoms. The van der Waals surface area contributed by atoms with Gasteiger partial charge in [0.15, 0.2) is 0 Å². The highest BCUT2D eigenvalue weighted by molar-refractivity contribution is 5.68. The number of nitrogen functional groups attached to an aromatic ring is 1. The monoisotopic (exact) mass is 132 g/mol. The second-order valence-electron chi connectivity index (χ2n) is 2.38. The average Bonchev–Trinajstić information content (AvgIpc) is 2.36. The number of anilines is 1. The maximum Gasteiger partial charge on any atom is 0.130 e. The van der Waals surface area contributed by atoms with Gasteiger partial charge in [-0.1, -0.05) is 12.2 Å². The molecule has 0 unspecified atom stereocenters. The second kappa shape index (κ2) is 1.84. The van der Waals surface area contributed by atoms with E-state index < -0.39 is 0 Å². The summed E-state index contributed by atoms with van der Waals surface area (Å²) in [5.41, 5.74) is 7.99. The summed E-state index contributed by atoms with van der Waals surface area (Å²) in [5.74, 6) is 0.645. The van der Waals surface area contributed by atoms with Crippen LogP contribution in [0.1, 0.15) is 11.1 Å². The van der Waals surface area contributed by atoms with Crippen molar-refractivity contribution in [2.45, 2.75) is 6.42 Å². The van der Waals surface area contributed by atoms with E-state index in [4.69, 9.17) is 5.73 Å². The summed E-state index contributed by atoms with van der Waals surface area (Å²) >= 11 is 0. The van der Waals surface area contributed by atoms with Crippen molar-refractivity contribution in [3.05, 3.63) is 29.5 Å². The number of rotatable bonds is 0. The summed E-state index contributed by atoms with van der Waals surface area (Å²) in [5, 5.41) is 0. The van der Waals surface area contributed by atoms with Gasteiger partial charge >= 0.3 is 0 Å². The Morgan fingerprint density at radius 2 is 2.40 bits per heavy atom. The Labute approximate surface area is 59.4 Å². The van der Waals surface area contributed by atoms with Gasteiger partial charge in [-0.2, -0.15) is 0 Å². The largest absolute Gasteiger partial charge is 0.383 e. The second-order valence-corrected chi connectivity index (χ2v) is 2.38. The molecule has 0 atom stereocenters. The number of hydrogen-bond donors (Lipinski definition) is 1. The third-order valence-electron chi connectivity index (χ3n) is 1.73. The third-order valence-corrected chi connectivity index (χ3v) is 1.73. The molecule has 0 radical (unpaired) electrons. The van der Waals surface area contributed by atoms with Crippen LogP contribution in [0.25, 0.3) is 6.08 Å². The van der Waals surface area contributed by atoms with E-state index in [0.717, 1.165) is 12.0 Å². The van der Waals surface area contributed by atoms with Crippen LogP contribution in [-0.2, 0) is 6.42 Å². The Morgan fingerprint density at radius 1 is 1.50 bits per heavy atom. The Bertz CT molecular complexity index is 289. The molecule has 0 aromatic carbocycles. The molecule has 2 heteroatoms. The lowest BCUT2D eigenvalue weighted by Crippen LogP contribution is -1.94. The molecule has 1 aromatic heterocycles. The normalized spacial score (nSPS) is 13.6. The van der Waals surface area contributed by atoms with Crippen LogP contribution in [0.2, 0.25) is 0 Å². The van der Waals surface area contributed by atoms with Crippen LogP contribution in [0.3, 0.4) is 0 Å². The fourth-order valence-corrected chi connectivity index (χ4v) is 1.21. The van der Waals surface area contributed by atoms with E-state index in [2.05, 4.69) is 11.1 Å². The van der Waals surface area contributed by atoms with Crippen LogP contribution in [0.15, 0.2) is 18.3 Å². The highest BCUT2D eigenvalue weighted by atomic mass is 14.8. The van der Waals surface area contributed by atoms with Crippen molar-refractivity contribution in [1.82, 2.24) is 4.98 Å². The van der Waals surface area contributed by atoms with E-state index in [1.54, 1.807) is 6.20 Å². The van der Waals surface area contributed by atoms with Crippen molar-refractivity contribution in [2.24, 2.45) is 0 Å². The average molecular weight is 132 g/mol. The van der Waals surface area contributed by atoms with Crippen molar-refractivity contribution >= 4 is 11.9 Å². The summed E-state index contributed by atoms with van der Waals surface area (Å²) in [6.45, 7) is 0. The van der Waals surface area contributed by atoms with Gasteiger partial charge in [-0.3, -0.25) is 0 Å². The number of fused-ring (bicyclic) bond motifs is 1. The van der Waals surface area contributed by atoms with E-state index in [-0.39, 0.29) is 0 Å². The van der Waals surface area contributed by atoms with E-state index >= 15 is 0 Å². The number of allylic oxidation sites excluding steroid dienone is 1. The maximum atomic E-state index is 5.61. The molecule has 2 nitrogen and oxygen atoms in total. The van der Waals surface area contributed by atoms with Gasteiger partial charge in [0.2, 0.25) is 0 Å². The van der Waals surface area contributed by atoms with E-state index in [0.29, 0.717) is 5.82 Å². The Kier molecular flexibility index (Phi) is 1.01. The number of pyridine rings is 1. The van der Waals surface area contributed by atoms with Crippen LogP contribution >= 0.6 is 0 Å². The zero-order chi connectivity index (χ0) is 6.97. The molecule has 2 N–H and O–H groups in total. The van der Waals surface area contributed by atoms with Gasteiger partial charge in [0.25, 0.3) is 0 Å². The molecule has 1 aliphatic rings. The molecule has 0 amide bonds. The SMILES string of the molecule is Nc1nccc2c1C=CC2. The standard InChI is InChI=1S/C8H8N2/c9-8-7-3-1-2-6(7)4-5-10-8/h1,3-5H,2H2,(H2,9,10). The van der Waals surface area contributed by atoms with Gasteiger partial charge in [-0.25, -0.2) is 4.98 Å². The Balaban J connectivity index is 2.67. The predicted molar refractivity (Wildman–Crippen MR) is 41.4 cm³/mol. The Morgan fingerprint density at radius 3 is 3.20 bits per heavy atom. The Hall–Kier alpha value is -1.31. The van der Waals surface area contributed by atoms with Crippen LogP contribution < -0.4 is 5.73 Å². The van der Waals surface area contributed by atoms with Gasteiger partial charge < -0.3 is 5.73 Å². The van der Waals surface area contributed by atoms with Crippen molar-refractivity contribution in [3.63, 3.8) is 0 Å². The zero-order valence-corrected chi connectivity index (χ0v) is 5.54. The number of hydrogen-bond acceptors (Lipinski definition) is 2. The third kappa shape index (κ3) is 0.620. The van der Waals surface area contributed by atoms with Crippen LogP contribution in [0.4, 0.5) is 5.82 Å². The first kappa shape index (κ1) is 5.47. The van der Waals surface area contributed by atoms with E-state index in [1.165, 1.54) is 5.56 Å². The van der Waals surface area contributed by atoms with Gasteiger partial charge in [0, 0.05) is 11.8 Å². The molecule has 0 bridgehead atoms. The lowest BCUT2D eigenvalue weighted by atomic mass is 10.2. The predicted octanol–water partition coefficient (Wildman–Crippen LogP) is 1.23. The lowest BCUT2D eigenvalue weighted by Gasteiger charge is -1.98. The summed E-state index contributed by atoms with van der Waals surface area (Å²) in [7, 11) is 0. The molecular formula is C8H8N2. The first-order valence-corrected chi connectivity index (χ1v) is 3.28. The first-order valence-electron chi connectivity index (χ1n) is 3.28. The lowest BCUT2D eigenvalue weighted by molar-refractivity contribution is 1.24. The molecular weight excluding hydrogens is 124 g/mol. The van der Waals surface area contributed by atoms with Crippen LogP contribution in [0.5, 0.6) is 0 Å². The highest BCUT2D eigenvalue weighted by Gasteiger charge is 2.06. The minimum atomic E-state index is 0.645. The van der Waals surface area contributed by atoms with Gasteiger partial charge in [-0.05, 0) is 18.1 Å². The molecule has 10 heavy (non-hydrogen) atoms.